The molecule has 2 heterocycles. The van der Waals surface area contributed by atoms with E-state index in [4.69, 9.17) is 4.84 Å². The Labute approximate surface area is 133 Å². The maximum Gasteiger partial charge on any atom is 0.346 e. The zero-order chi connectivity index (χ0) is 16.6. The second-order valence-corrected chi connectivity index (χ2v) is 5.60. The van der Waals surface area contributed by atoms with Crippen LogP contribution in [-0.4, -0.2) is 45.4 Å². The smallest absolute Gasteiger partial charge is 0.346 e. The van der Waals surface area contributed by atoms with Crippen molar-refractivity contribution in [2.24, 2.45) is 12.2 Å². The Hall–Kier alpha value is -2.74. The zero-order valence-corrected chi connectivity index (χ0v) is 13.1. The van der Waals surface area contributed by atoms with Gasteiger partial charge in [-0.25, -0.2) is 9.55 Å². The fraction of sp³-hybridized carbons (Fsp3) is 0.333. The van der Waals surface area contributed by atoms with Crippen LogP contribution in [0.25, 0.3) is 0 Å². The SMILES string of the molecule is CN(C)[C@@H]1ON=C(c2ccccc2)[C@H]1c1ncn(C)c1[N+](=O)[O-]. The van der Waals surface area contributed by atoms with E-state index < -0.39 is 17.1 Å². The van der Waals surface area contributed by atoms with E-state index in [2.05, 4.69) is 10.1 Å². The first-order chi connectivity index (χ1) is 11.0. The Bertz CT molecular complexity index is 754. The van der Waals surface area contributed by atoms with Gasteiger partial charge in [0.2, 0.25) is 0 Å². The summed E-state index contributed by atoms with van der Waals surface area (Å²) in [5.41, 5.74) is 1.87. The van der Waals surface area contributed by atoms with Crippen LogP contribution in [0.4, 0.5) is 5.82 Å². The first-order valence-corrected chi connectivity index (χ1v) is 7.12. The first kappa shape index (κ1) is 15.2. The summed E-state index contributed by atoms with van der Waals surface area (Å²) in [7, 11) is 5.29. The summed E-state index contributed by atoms with van der Waals surface area (Å²) in [6.45, 7) is 0. The molecule has 0 radical (unpaired) electrons. The van der Waals surface area contributed by atoms with Crippen LogP contribution >= 0.6 is 0 Å². The van der Waals surface area contributed by atoms with Gasteiger partial charge >= 0.3 is 5.82 Å². The van der Waals surface area contributed by atoms with Gasteiger partial charge in [0.25, 0.3) is 0 Å². The number of imidazole rings is 1. The van der Waals surface area contributed by atoms with E-state index in [1.807, 2.05) is 49.3 Å². The van der Waals surface area contributed by atoms with E-state index in [9.17, 15) is 10.1 Å². The van der Waals surface area contributed by atoms with Crippen LogP contribution in [0.2, 0.25) is 0 Å². The number of rotatable bonds is 4. The molecule has 0 unspecified atom stereocenters. The molecule has 0 amide bonds. The van der Waals surface area contributed by atoms with Crippen LogP contribution in [0.15, 0.2) is 41.8 Å². The summed E-state index contributed by atoms with van der Waals surface area (Å²) in [4.78, 5) is 22.6. The van der Waals surface area contributed by atoms with Crippen LogP contribution in [0, 0.1) is 10.1 Å². The van der Waals surface area contributed by atoms with Crippen LogP contribution in [-0.2, 0) is 11.9 Å². The molecule has 1 aliphatic heterocycles. The number of hydrogen-bond donors (Lipinski definition) is 0. The van der Waals surface area contributed by atoms with Gasteiger partial charge in [-0.3, -0.25) is 4.90 Å². The van der Waals surface area contributed by atoms with Crippen LogP contribution in [0.1, 0.15) is 17.2 Å². The Morgan fingerprint density at radius 2 is 2.00 bits per heavy atom. The van der Waals surface area contributed by atoms with Crippen molar-refractivity contribution >= 4 is 11.5 Å². The Balaban J connectivity index is 2.12. The predicted molar refractivity (Wildman–Crippen MR) is 84.1 cm³/mol. The van der Waals surface area contributed by atoms with E-state index in [0.717, 1.165) is 5.56 Å². The summed E-state index contributed by atoms with van der Waals surface area (Å²) in [5.74, 6) is -0.481. The fourth-order valence-electron chi connectivity index (χ4n) is 2.75. The van der Waals surface area contributed by atoms with Gasteiger partial charge in [-0.1, -0.05) is 35.5 Å². The maximum absolute atomic E-state index is 11.4. The van der Waals surface area contributed by atoms with E-state index >= 15 is 0 Å². The maximum atomic E-state index is 11.4. The number of benzene rings is 1. The molecule has 0 saturated carbocycles. The zero-order valence-electron chi connectivity index (χ0n) is 13.1. The number of nitrogens with zero attached hydrogens (tertiary/aromatic N) is 5. The highest BCUT2D eigenvalue weighted by atomic mass is 16.7. The Morgan fingerprint density at radius 3 is 2.61 bits per heavy atom. The van der Waals surface area contributed by atoms with Gasteiger partial charge in [-0.2, -0.15) is 0 Å². The molecule has 2 aromatic rings. The van der Waals surface area contributed by atoms with E-state index in [1.165, 1.54) is 10.9 Å². The van der Waals surface area contributed by atoms with Crippen molar-refractivity contribution in [1.82, 2.24) is 14.5 Å². The summed E-state index contributed by atoms with van der Waals surface area (Å²) in [6, 6.07) is 9.50. The molecule has 2 atom stereocenters. The molecule has 0 N–H and O–H groups in total. The molecule has 0 aliphatic carbocycles. The molecule has 0 spiro atoms. The number of oxime groups is 1. The van der Waals surface area contributed by atoms with Crippen molar-refractivity contribution < 1.29 is 9.76 Å². The van der Waals surface area contributed by atoms with Gasteiger partial charge in [0, 0.05) is 5.56 Å². The van der Waals surface area contributed by atoms with E-state index in [1.54, 1.807) is 7.05 Å². The van der Waals surface area contributed by atoms with E-state index in [-0.39, 0.29) is 5.82 Å². The second-order valence-electron chi connectivity index (χ2n) is 5.60. The van der Waals surface area contributed by atoms with Gasteiger partial charge in [0.15, 0.2) is 18.2 Å². The van der Waals surface area contributed by atoms with Gasteiger partial charge < -0.3 is 15.0 Å². The van der Waals surface area contributed by atoms with Crippen LogP contribution < -0.4 is 0 Å². The summed E-state index contributed by atoms with van der Waals surface area (Å²) < 4.78 is 1.41. The fourth-order valence-corrected chi connectivity index (χ4v) is 2.75. The number of hydrogen-bond acceptors (Lipinski definition) is 6. The summed E-state index contributed by atoms with van der Waals surface area (Å²) >= 11 is 0. The molecule has 0 bridgehead atoms. The molecule has 1 aliphatic rings. The third kappa shape index (κ3) is 2.57. The normalized spacial score (nSPS) is 20.4. The molecule has 8 nitrogen and oxygen atoms in total. The molecular weight excluding hydrogens is 298 g/mol. The standard InChI is InChI=1S/C15H17N5O3/c1-18(2)15-11(13-14(20(21)22)19(3)9-16-13)12(17-23-15)10-7-5-4-6-8-10/h4-9,11,15H,1-3H3/t11-,15+/m0/s1. The summed E-state index contributed by atoms with van der Waals surface area (Å²) in [5, 5.41) is 15.6. The van der Waals surface area contributed by atoms with Crippen molar-refractivity contribution in [2.45, 2.75) is 12.1 Å². The minimum atomic E-state index is -0.446. The minimum Gasteiger partial charge on any atom is -0.375 e. The largest absolute Gasteiger partial charge is 0.375 e. The topological polar surface area (TPSA) is 85.8 Å². The van der Waals surface area contributed by atoms with Gasteiger partial charge in [-0.15, -0.1) is 0 Å². The lowest BCUT2D eigenvalue weighted by molar-refractivity contribution is -0.392. The average Bonchev–Trinajstić information content (AvgIpc) is 3.11. The van der Waals surface area contributed by atoms with Crippen molar-refractivity contribution in [3.63, 3.8) is 0 Å². The molecule has 120 valence electrons. The minimum absolute atomic E-state index is 0.0454. The van der Waals surface area contributed by atoms with Crippen molar-refractivity contribution in [3.8, 4) is 0 Å². The second kappa shape index (κ2) is 5.81. The molecule has 1 aromatic carbocycles. The number of nitro groups is 1. The molecular formula is C15H17N5O3. The third-order valence-electron chi connectivity index (χ3n) is 3.82. The Kier molecular flexibility index (Phi) is 3.83. The number of aryl methyl sites for hydroxylation is 1. The molecule has 0 fully saturated rings. The van der Waals surface area contributed by atoms with Crippen LogP contribution in [0.3, 0.4) is 0 Å². The lowest BCUT2D eigenvalue weighted by Crippen LogP contribution is -2.35. The van der Waals surface area contributed by atoms with Crippen molar-refractivity contribution in [1.29, 1.82) is 0 Å². The highest BCUT2D eigenvalue weighted by molar-refractivity contribution is 6.06. The quantitative estimate of drug-likeness (QED) is 0.633. The number of aromatic nitrogens is 2. The number of likely N-dealkylation sites (N-methyl/N-ethyl adjacent to an activating group) is 1. The molecule has 1 aromatic heterocycles. The first-order valence-electron chi connectivity index (χ1n) is 7.12. The van der Waals surface area contributed by atoms with Crippen molar-refractivity contribution in [2.75, 3.05) is 14.1 Å². The lowest BCUT2D eigenvalue weighted by atomic mass is 9.92. The van der Waals surface area contributed by atoms with Gasteiger partial charge in [0.1, 0.15) is 11.6 Å². The van der Waals surface area contributed by atoms with Crippen molar-refractivity contribution in [3.05, 3.63) is 58.0 Å². The highest BCUT2D eigenvalue weighted by Crippen LogP contribution is 2.36. The van der Waals surface area contributed by atoms with E-state index in [0.29, 0.717) is 11.4 Å². The van der Waals surface area contributed by atoms with Gasteiger partial charge in [-0.05, 0) is 19.0 Å². The molecule has 3 rings (SSSR count). The third-order valence-corrected chi connectivity index (χ3v) is 3.82. The van der Waals surface area contributed by atoms with Gasteiger partial charge in [0.05, 0.1) is 7.05 Å². The highest BCUT2D eigenvalue weighted by Gasteiger charge is 2.43. The molecule has 0 saturated heterocycles. The lowest BCUT2D eigenvalue weighted by Gasteiger charge is -2.23. The molecule has 23 heavy (non-hydrogen) atoms. The monoisotopic (exact) mass is 315 g/mol. The molecule has 8 heteroatoms. The predicted octanol–water partition coefficient (Wildman–Crippen LogP) is 1.73. The average molecular weight is 315 g/mol. The summed E-state index contributed by atoms with van der Waals surface area (Å²) in [6.07, 6.45) is 1.00. The van der Waals surface area contributed by atoms with Crippen LogP contribution in [0.5, 0.6) is 0 Å². The Morgan fingerprint density at radius 1 is 1.30 bits per heavy atom.